The first-order chi connectivity index (χ1) is 7.82. The summed E-state index contributed by atoms with van der Waals surface area (Å²) in [6, 6.07) is -1.17. The Morgan fingerprint density at radius 3 is 2.29 bits per heavy atom. The molecule has 0 aliphatic rings. The van der Waals surface area contributed by atoms with Crippen molar-refractivity contribution >= 4 is 5.97 Å². The van der Waals surface area contributed by atoms with Gasteiger partial charge in [-0.15, -0.1) is 0 Å². The van der Waals surface area contributed by atoms with Crippen molar-refractivity contribution in [2.75, 3.05) is 7.11 Å². The van der Waals surface area contributed by atoms with Crippen molar-refractivity contribution in [2.45, 2.75) is 25.3 Å². The summed E-state index contributed by atoms with van der Waals surface area (Å²) < 4.78 is 31.6. The van der Waals surface area contributed by atoms with E-state index < -0.39 is 29.1 Å². The van der Waals surface area contributed by atoms with Crippen LogP contribution in [0.2, 0.25) is 0 Å². The summed E-state index contributed by atoms with van der Waals surface area (Å²) in [7, 11) is 1.16. The smallest absolute Gasteiger partial charge is 0.323 e. The van der Waals surface area contributed by atoms with E-state index in [9.17, 15) is 13.6 Å². The summed E-state index contributed by atoms with van der Waals surface area (Å²) in [5, 5.41) is 0. The molecular weight excluding hydrogens is 230 g/mol. The molecular formula is C11H14F2N2O2. The van der Waals surface area contributed by atoms with Gasteiger partial charge in [-0.2, -0.15) is 0 Å². The SMILES string of the molecule is COC(=O)C(N)C(C)(C)c1c(F)cncc1F. The van der Waals surface area contributed by atoms with Crippen LogP contribution < -0.4 is 5.73 Å². The molecule has 1 heterocycles. The van der Waals surface area contributed by atoms with Gasteiger partial charge in [0.25, 0.3) is 0 Å². The number of pyridine rings is 1. The summed E-state index contributed by atoms with van der Waals surface area (Å²) in [6.07, 6.45) is 1.76. The molecule has 0 fully saturated rings. The average Bonchev–Trinajstić information content (AvgIpc) is 2.26. The van der Waals surface area contributed by atoms with Gasteiger partial charge in [-0.3, -0.25) is 9.78 Å². The number of ether oxygens (including phenoxy) is 1. The summed E-state index contributed by atoms with van der Waals surface area (Å²) in [5.41, 5.74) is 4.14. The zero-order valence-electron chi connectivity index (χ0n) is 9.83. The maximum Gasteiger partial charge on any atom is 0.323 e. The first-order valence-electron chi connectivity index (χ1n) is 4.95. The first-order valence-corrected chi connectivity index (χ1v) is 4.95. The number of rotatable bonds is 3. The van der Waals surface area contributed by atoms with Gasteiger partial charge in [0.1, 0.15) is 17.7 Å². The molecule has 1 aromatic rings. The van der Waals surface area contributed by atoms with Gasteiger partial charge in [-0.05, 0) is 0 Å². The second kappa shape index (κ2) is 4.75. The van der Waals surface area contributed by atoms with Crippen molar-refractivity contribution in [3.8, 4) is 0 Å². The summed E-state index contributed by atoms with van der Waals surface area (Å²) in [6.45, 7) is 2.94. The monoisotopic (exact) mass is 244 g/mol. The van der Waals surface area contributed by atoms with E-state index in [2.05, 4.69) is 9.72 Å². The second-order valence-electron chi connectivity index (χ2n) is 4.20. The number of esters is 1. The fourth-order valence-electron chi connectivity index (χ4n) is 1.60. The molecule has 0 aromatic carbocycles. The molecule has 2 N–H and O–H groups in total. The molecule has 0 aliphatic heterocycles. The third-order valence-corrected chi connectivity index (χ3v) is 2.73. The lowest BCUT2D eigenvalue weighted by Gasteiger charge is -2.30. The number of nitrogens with two attached hydrogens (primary N) is 1. The minimum atomic E-state index is -1.23. The molecule has 1 atom stereocenters. The number of carbonyl (C=O) groups excluding carboxylic acids is 1. The normalized spacial score (nSPS) is 13.3. The fraction of sp³-hybridized carbons (Fsp3) is 0.455. The van der Waals surface area contributed by atoms with E-state index in [4.69, 9.17) is 5.73 Å². The number of nitrogens with zero attached hydrogens (tertiary/aromatic N) is 1. The second-order valence-corrected chi connectivity index (χ2v) is 4.20. The van der Waals surface area contributed by atoms with E-state index in [-0.39, 0.29) is 5.56 Å². The van der Waals surface area contributed by atoms with Crippen molar-refractivity contribution in [1.29, 1.82) is 0 Å². The van der Waals surface area contributed by atoms with Gasteiger partial charge in [0.05, 0.1) is 19.5 Å². The van der Waals surface area contributed by atoms with E-state index in [0.29, 0.717) is 0 Å². The lowest BCUT2D eigenvalue weighted by Crippen LogP contribution is -2.48. The zero-order chi connectivity index (χ0) is 13.2. The summed E-state index contributed by atoms with van der Waals surface area (Å²) in [4.78, 5) is 14.7. The molecule has 0 amide bonds. The Morgan fingerprint density at radius 2 is 1.88 bits per heavy atom. The third-order valence-electron chi connectivity index (χ3n) is 2.73. The Bertz CT molecular complexity index is 415. The van der Waals surface area contributed by atoms with Crippen molar-refractivity contribution < 1.29 is 18.3 Å². The Kier molecular flexibility index (Phi) is 3.77. The Hall–Kier alpha value is -1.56. The highest BCUT2D eigenvalue weighted by Gasteiger charge is 2.38. The molecule has 94 valence electrons. The third kappa shape index (κ3) is 2.41. The largest absolute Gasteiger partial charge is 0.468 e. The van der Waals surface area contributed by atoms with Crippen LogP contribution in [-0.2, 0) is 14.9 Å². The molecule has 1 aromatic heterocycles. The van der Waals surface area contributed by atoms with Gasteiger partial charge >= 0.3 is 5.97 Å². The fourth-order valence-corrected chi connectivity index (χ4v) is 1.60. The van der Waals surface area contributed by atoms with E-state index in [1.807, 2.05) is 0 Å². The highest BCUT2D eigenvalue weighted by atomic mass is 19.1. The number of methoxy groups -OCH3 is 1. The van der Waals surface area contributed by atoms with Crippen LogP contribution in [-0.4, -0.2) is 24.1 Å². The Morgan fingerprint density at radius 1 is 1.41 bits per heavy atom. The summed E-state index contributed by atoms with van der Waals surface area (Å²) in [5.74, 6) is -2.41. The van der Waals surface area contributed by atoms with Gasteiger partial charge in [-0.1, -0.05) is 13.8 Å². The average molecular weight is 244 g/mol. The highest BCUT2D eigenvalue weighted by Crippen LogP contribution is 2.30. The van der Waals surface area contributed by atoms with Crippen LogP contribution in [0.4, 0.5) is 8.78 Å². The molecule has 0 aliphatic carbocycles. The molecule has 0 bridgehead atoms. The molecule has 0 saturated carbocycles. The Labute approximate surface area is 97.8 Å². The molecule has 0 spiro atoms. The van der Waals surface area contributed by atoms with E-state index in [0.717, 1.165) is 19.5 Å². The highest BCUT2D eigenvalue weighted by molar-refractivity contribution is 5.77. The zero-order valence-corrected chi connectivity index (χ0v) is 9.83. The van der Waals surface area contributed by atoms with E-state index in [1.165, 1.54) is 13.8 Å². The van der Waals surface area contributed by atoms with Crippen molar-refractivity contribution in [3.63, 3.8) is 0 Å². The molecule has 17 heavy (non-hydrogen) atoms. The van der Waals surface area contributed by atoms with Gasteiger partial charge in [0.15, 0.2) is 0 Å². The molecule has 1 rings (SSSR count). The Balaban J connectivity index is 3.25. The van der Waals surface area contributed by atoms with Crippen LogP contribution in [0.5, 0.6) is 0 Å². The number of halogens is 2. The van der Waals surface area contributed by atoms with Gasteiger partial charge in [0, 0.05) is 11.0 Å². The van der Waals surface area contributed by atoms with E-state index >= 15 is 0 Å². The van der Waals surface area contributed by atoms with Crippen LogP contribution in [0.15, 0.2) is 12.4 Å². The van der Waals surface area contributed by atoms with Gasteiger partial charge in [0.2, 0.25) is 0 Å². The lowest BCUT2D eigenvalue weighted by molar-refractivity contribution is -0.143. The van der Waals surface area contributed by atoms with Gasteiger partial charge < -0.3 is 10.5 Å². The standard InChI is InChI=1S/C11H14F2N2O2/c1-11(2,9(14)10(16)17-3)8-6(12)4-15-5-7(8)13/h4-5,9H,14H2,1-3H3. The van der Waals surface area contributed by atoms with Crippen LogP contribution in [0, 0.1) is 11.6 Å². The van der Waals surface area contributed by atoms with Crippen LogP contribution in [0.1, 0.15) is 19.4 Å². The number of hydrogen-bond donors (Lipinski definition) is 1. The first kappa shape index (κ1) is 13.5. The maximum absolute atomic E-state index is 13.6. The lowest BCUT2D eigenvalue weighted by atomic mass is 9.78. The maximum atomic E-state index is 13.6. The van der Waals surface area contributed by atoms with Crippen molar-refractivity contribution in [1.82, 2.24) is 4.98 Å². The number of hydrogen-bond acceptors (Lipinski definition) is 4. The topological polar surface area (TPSA) is 65.2 Å². The number of aromatic nitrogens is 1. The van der Waals surface area contributed by atoms with Gasteiger partial charge in [-0.25, -0.2) is 8.78 Å². The molecule has 4 nitrogen and oxygen atoms in total. The minimum Gasteiger partial charge on any atom is -0.468 e. The molecule has 6 heteroatoms. The predicted molar refractivity (Wildman–Crippen MR) is 57.2 cm³/mol. The van der Waals surface area contributed by atoms with Crippen LogP contribution in [0.25, 0.3) is 0 Å². The molecule has 0 saturated heterocycles. The molecule has 0 radical (unpaired) electrons. The van der Waals surface area contributed by atoms with Crippen molar-refractivity contribution in [2.24, 2.45) is 5.73 Å². The quantitative estimate of drug-likeness (QED) is 0.810. The van der Waals surface area contributed by atoms with Crippen molar-refractivity contribution in [3.05, 3.63) is 29.6 Å². The van der Waals surface area contributed by atoms with Crippen LogP contribution in [0.3, 0.4) is 0 Å². The van der Waals surface area contributed by atoms with E-state index in [1.54, 1.807) is 0 Å². The molecule has 1 unspecified atom stereocenters. The summed E-state index contributed by atoms with van der Waals surface area (Å²) >= 11 is 0. The van der Waals surface area contributed by atoms with Crippen LogP contribution >= 0.6 is 0 Å². The minimum absolute atomic E-state index is 0.273. The number of carbonyl (C=O) groups is 1. The predicted octanol–water partition coefficient (Wildman–Crippen LogP) is 1.14.